The molecule has 0 aliphatic carbocycles. The Labute approximate surface area is 109 Å². The highest BCUT2D eigenvalue weighted by molar-refractivity contribution is 6.07. The number of amides is 1. The summed E-state index contributed by atoms with van der Waals surface area (Å²) in [6, 6.07) is 5.43. The molecule has 6 nitrogen and oxygen atoms in total. The van der Waals surface area contributed by atoms with Crippen LogP contribution in [0.15, 0.2) is 36.9 Å². The lowest BCUT2D eigenvalue weighted by Gasteiger charge is -2.02. The third-order valence-corrected chi connectivity index (χ3v) is 2.94. The molecule has 3 rings (SSSR count). The van der Waals surface area contributed by atoms with Crippen LogP contribution in [0.25, 0.3) is 10.9 Å². The van der Waals surface area contributed by atoms with Gasteiger partial charge in [-0.3, -0.25) is 4.79 Å². The molecule has 0 saturated carbocycles. The van der Waals surface area contributed by atoms with Gasteiger partial charge in [0.05, 0.1) is 24.1 Å². The molecule has 0 aliphatic rings. The first-order valence-electron chi connectivity index (χ1n) is 5.86. The normalized spacial score (nSPS) is 10.7. The molecular formula is C13H13N5O. The number of nitrogens with one attached hydrogen (secondary N) is 3. The number of carbonyl (C=O) groups excluding carboxylic acids is 1. The predicted molar refractivity (Wildman–Crippen MR) is 72.5 cm³/mol. The highest BCUT2D eigenvalue weighted by atomic mass is 16.1. The van der Waals surface area contributed by atoms with Crippen LogP contribution in [0.2, 0.25) is 0 Å². The number of anilines is 1. The SMILES string of the molecule is Nc1ccc2c(C(=O)NCc3cnc[nH]3)c[nH]c2c1. The van der Waals surface area contributed by atoms with Gasteiger partial charge in [0, 0.05) is 29.0 Å². The van der Waals surface area contributed by atoms with Gasteiger partial charge < -0.3 is 21.0 Å². The summed E-state index contributed by atoms with van der Waals surface area (Å²) in [7, 11) is 0. The maximum absolute atomic E-state index is 12.1. The zero-order chi connectivity index (χ0) is 13.2. The van der Waals surface area contributed by atoms with Crippen LogP contribution in [0, 0.1) is 0 Å². The van der Waals surface area contributed by atoms with Crippen LogP contribution in [-0.4, -0.2) is 20.9 Å². The monoisotopic (exact) mass is 255 g/mol. The van der Waals surface area contributed by atoms with E-state index in [0.29, 0.717) is 17.8 Å². The summed E-state index contributed by atoms with van der Waals surface area (Å²) < 4.78 is 0. The standard InChI is InChI=1S/C13H13N5O/c14-8-1-2-10-11(6-16-12(10)3-8)13(19)17-5-9-4-15-7-18-9/h1-4,6-7,16H,5,14H2,(H,15,18)(H,17,19). The van der Waals surface area contributed by atoms with E-state index in [1.807, 2.05) is 6.07 Å². The molecule has 1 amide bonds. The zero-order valence-corrected chi connectivity index (χ0v) is 10.1. The quantitative estimate of drug-likeness (QED) is 0.532. The molecule has 6 heteroatoms. The number of H-pyrrole nitrogens is 2. The van der Waals surface area contributed by atoms with Crippen molar-refractivity contribution in [1.82, 2.24) is 20.3 Å². The number of aromatic amines is 2. The van der Waals surface area contributed by atoms with Gasteiger partial charge in [-0.05, 0) is 18.2 Å². The van der Waals surface area contributed by atoms with Crippen molar-refractivity contribution in [3.8, 4) is 0 Å². The second-order valence-corrected chi connectivity index (χ2v) is 4.27. The molecule has 0 spiro atoms. The number of hydrogen-bond acceptors (Lipinski definition) is 3. The van der Waals surface area contributed by atoms with Crippen molar-refractivity contribution in [2.24, 2.45) is 0 Å². The number of aromatic nitrogens is 3. The summed E-state index contributed by atoms with van der Waals surface area (Å²) in [6.07, 6.45) is 4.94. The van der Waals surface area contributed by atoms with Gasteiger partial charge in [0.25, 0.3) is 5.91 Å². The van der Waals surface area contributed by atoms with Crippen LogP contribution < -0.4 is 11.1 Å². The Bertz CT molecular complexity index is 714. The molecule has 0 bridgehead atoms. The summed E-state index contributed by atoms with van der Waals surface area (Å²) in [4.78, 5) is 22.0. The summed E-state index contributed by atoms with van der Waals surface area (Å²) in [5.74, 6) is -0.134. The van der Waals surface area contributed by atoms with E-state index in [1.165, 1.54) is 0 Å². The first-order chi connectivity index (χ1) is 9.24. The summed E-state index contributed by atoms with van der Waals surface area (Å²) in [5.41, 5.74) is 8.68. The number of rotatable bonds is 3. The van der Waals surface area contributed by atoms with Gasteiger partial charge >= 0.3 is 0 Å². The van der Waals surface area contributed by atoms with Gasteiger partial charge in [-0.2, -0.15) is 0 Å². The van der Waals surface area contributed by atoms with Crippen molar-refractivity contribution in [2.75, 3.05) is 5.73 Å². The Hall–Kier alpha value is -2.76. The minimum Gasteiger partial charge on any atom is -0.399 e. The van der Waals surface area contributed by atoms with Crippen LogP contribution in [-0.2, 0) is 6.54 Å². The molecule has 0 fully saturated rings. The van der Waals surface area contributed by atoms with E-state index < -0.39 is 0 Å². The lowest BCUT2D eigenvalue weighted by molar-refractivity contribution is 0.0952. The Morgan fingerprint density at radius 3 is 3.05 bits per heavy atom. The fourth-order valence-electron chi connectivity index (χ4n) is 1.98. The average Bonchev–Trinajstić information content (AvgIpc) is 3.04. The number of nitrogens with zero attached hydrogens (tertiary/aromatic N) is 1. The molecule has 96 valence electrons. The number of benzene rings is 1. The van der Waals surface area contributed by atoms with Crippen molar-refractivity contribution in [3.05, 3.63) is 48.2 Å². The summed E-state index contributed by atoms with van der Waals surface area (Å²) >= 11 is 0. The van der Waals surface area contributed by atoms with E-state index in [9.17, 15) is 4.79 Å². The Balaban J connectivity index is 1.81. The van der Waals surface area contributed by atoms with Gasteiger partial charge in [-0.15, -0.1) is 0 Å². The number of fused-ring (bicyclic) bond motifs is 1. The fourth-order valence-corrected chi connectivity index (χ4v) is 1.98. The molecule has 0 saturated heterocycles. The van der Waals surface area contributed by atoms with E-state index in [2.05, 4.69) is 20.3 Å². The highest BCUT2D eigenvalue weighted by Crippen LogP contribution is 2.20. The molecule has 3 aromatic rings. The Kier molecular flexibility index (Phi) is 2.68. The lowest BCUT2D eigenvalue weighted by Crippen LogP contribution is -2.22. The molecule has 0 aliphatic heterocycles. The summed E-state index contributed by atoms with van der Waals surface area (Å²) in [5, 5.41) is 3.69. The van der Waals surface area contributed by atoms with Crippen molar-refractivity contribution in [3.63, 3.8) is 0 Å². The van der Waals surface area contributed by atoms with Gasteiger partial charge in [0.2, 0.25) is 0 Å². The maximum Gasteiger partial charge on any atom is 0.253 e. The van der Waals surface area contributed by atoms with E-state index >= 15 is 0 Å². The minimum absolute atomic E-state index is 0.134. The van der Waals surface area contributed by atoms with Gasteiger partial charge in [0.15, 0.2) is 0 Å². The molecule has 2 aromatic heterocycles. The number of carbonyl (C=O) groups is 1. The largest absolute Gasteiger partial charge is 0.399 e. The first kappa shape index (κ1) is 11.3. The van der Waals surface area contributed by atoms with E-state index in [1.54, 1.807) is 30.9 Å². The molecular weight excluding hydrogens is 242 g/mol. The lowest BCUT2D eigenvalue weighted by atomic mass is 10.1. The molecule has 5 N–H and O–H groups in total. The van der Waals surface area contributed by atoms with Crippen LogP contribution in [0.4, 0.5) is 5.69 Å². The minimum atomic E-state index is -0.134. The van der Waals surface area contributed by atoms with Gasteiger partial charge in [0.1, 0.15) is 0 Å². The average molecular weight is 255 g/mol. The van der Waals surface area contributed by atoms with Crippen molar-refractivity contribution >= 4 is 22.5 Å². The number of nitrogen functional groups attached to an aromatic ring is 1. The summed E-state index contributed by atoms with van der Waals surface area (Å²) in [6.45, 7) is 0.417. The first-order valence-corrected chi connectivity index (χ1v) is 5.86. The second-order valence-electron chi connectivity index (χ2n) is 4.27. The molecule has 0 radical (unpaired) electrons. The van der Waals surface area contributed by atoms with Crippen molar-refractivity contribution in [2.45, 2.75) is 6.54 Å². The van der Waals surface area contributed by atoms with Crippen LogP contribution in [0.1, 0.15) is 16.1 Å². The Morgan fingerprint density at radius 2 is 2.26 bits per heavy atom. The van der Waals surface area contributed by atoms with E-state index in [4.69, 9.17) is 5.73 Å². The molecule has 0 atom stereocenters. The topological polar surface area (TPSA) is 99.6 Å². The molecule has 19 heavy (non-hydrogen) atoms. The predicted octanol–water partition coefficient (Wildman–Crippen LogP) is 1.40. The molecule has 0 unspecified atom stereocenters. The third-order valence-electron chi connectivity index (χ3n) is 2.94. The van der Waals surface area contributed by atoms with Crippen molar-refractivity contribution < 1.29 is 4.79 Å². The zero-order valence-electron chi connectivity index (χ0n) is 10.1. The van der Waals surface area contributed by atoms with E-state index in [-0.39, 0.29) is 5.91 Å². The number of nitrogens with two attached hydrogens (primary N) is 1. The number of imidazole rings is 1. The molecule has 1 aromatic carbocycles. The number of hydrogen-bond donors (Lipinski definition) is 4. The smallest absolute Gasteiger partial charge is 0.253 e. The van der Waals surface area contributed by atoms with Crippen molar-refractivity contribution in [1.29, 1.82) is 0 Å². The van der Waals surface area contributed by atoms with Crippen LogP contribution in [0.5, 0.6) is 0 Å². The third kappa shape index (κ3) is 2.15. The molecule has 2 heterocycles. The van der Waals surface area contributed by atoms with Gasteiger partial charge in [-0.25, -0.2) is 4.98 Å². The second kappa shape index (κ2) is 4.49. The highest BCUT2D eigenvalue weighted by Gasteiger charge is 2.11. The van der Waals surface area contributed by atoms with Crippen LogP contribution in [0.3, 0.4) is 0 Å². The van der Waals surface area contributed by atoms with Gasteiger partial charge in [-0.1, -0.05) is 0 Å². The maximum atomic E-state index is 12.1. The fraction of sp³-hybridized carbons (Fsp3) is 0.0769. The Morgan fingerprint density at radius 1 is 1.37 bits per heavy atom. The van der Waals surface area contributed by atoms with E-state index in [0.717, 1.165) is 16.6 Å². The van der Waals surface area contributed by atoms with Crippen LogP contribution >= 0.6 is 0 Å².